The first-order chi connectivity index (χ1) is 26.3. The summed E-state index contributed by atoms with van der Waals surface area (Å²) in [5, 5.41) is 78.5. The molecule has 6 heterocycles. The number of unbranched alkanes of at least 4 members (excludes halogenated alkanes) is 1. The van der Waals surface area contributed by atoms with Crippen LogP contribution >= 0.6 is 0 Å². The highest BCUT2D eigenvalue weighted by molar-refractivity contribution is 5.82. The zero-order valence-electron chi connectivity index (χ0n) is 29.7. The van der Waals surface area contributed by atoms with E-state index in [0.717, 1.165) is 38.5 Å². The number of anilines is 2. The van der Waals surface area contributed by atoms with Gasteiger partial charge >= 0.3 is 0 Å². The van der Waals surface area contributed by atoms with Crippen LogP contribution in [0, 0.1) is 23.7 Å². The number of nitrogen functional groups attached to an aromatic ring is 2. The molecule has 12 N–H and O–H groups in total. The first-order valence-corrected chi connectivity index (χ1v) is 18.0. The molecular formula is C35H44N10O10. The van der Waals surface area contributed by atoms with Gasteiger partial charge in [-0.25, -0.2) is 29.9 Å². The van der Waals surface area contributed by atoms with Crippen molar-refractivity contribution in [2.45, 2.75) is 118 Å². The molecule has 0 bridgehead atoms. The van der Waals surface area contributed by atoms with E-state index in [2.05, 4.69) is 53.6 Å². The van der Waals surface area contributed by atoms with Crippen molar-refractivity contribution >= 4 is 34.0 Å². The van der Waals surface area contributed by atoms with Crippen LogP contribution in [0.1, 0.15) is 81.9 Å². The Kier molecular flexibility index (Phi) is 10.9. The van der Waals surface area contributed by atoms with Crippen molar-refractivity contribution in [3.8, 4) is 23.7 Å². The molecule has 4 aliphatic rings. The highest BCUT2D eigenvalue weighted by Crippen LogP contribution is 2.40. The van der Waals surface area contributed by atoms with Crippen LogP contribution in [-0.4, -0.2) is 141 Å². The van der Waals surface area contributed by atoms with E-state index >= 15 is 0 Å². The summed E-state index contributed by atoms with van der Waals surface area (Å²) >= 11 is 0. The van der Waals surface area contributed by atoms with Gasteiger partial charge in [0.25, 0.3) is 0 Å². The number of ether oxygens (including phenoxy) is 2. The summed E-state index contributed by atoms with van der Waals surface area (Å²) in [4.78, 5) is 25.3. The molecule has 55 heavy (non-hydrogen) atoms. The Morgan fingerprint density at radius 2 is 1.09 bits per heavy atom. The number of imidazole rings is 2. The summed E-state index contributed by atoms with van der Waals surface area (Å²) in [5.74, 6) is 12.3. The first-order valence-electron chi connectivity index (χ1n) is 18.0. The quantitative estimate of drug-likeness (QED) is 0.0635. The van der Waals surface area contributed by atoms with E-state index in [9.17, 15) is 40.9 Å². The van der Waals surface area contributed by atoms with Crippen LogP contribution in [0.25, 0.3) is 22.3 Å². The van der Waals surface area contributed by atoms with Crippen molar-refractivity contribution < 1.29 is 50.3 Å². The zero-order chi connectivity index (χ0) is 39.1. The van der Waals surface area contributed by atoms with Crippen molar-refractivity contribution in [2.75, 3.05) is 24.7 Å². The highest BCUT2D eigenvalue weighted by Gasteiger charge is 2.45. The van der Waals surface area contributed by atoms with Crippen molar-refractivity contribution in [3.63, 3.8) is 0 Å². The molecule has 294 valence electrons. The van der Waals surface area contributed by atoms with E-state index in [1.807, 2.05) is 0 Å². The number of hydrogen-bond donors (Lipinski definition) is 10. The number of rotatable bonds is 9. The van der Waals surface area contributed by atoms with E-state index in [0.29, 0.717) is 41.6 Å². The predicted molar refractivity (Wildman–Crippen MR) is 191 cm³/mol. The molecule has 8 atom stereocenters. The number of aliphatic hydroxyl groups is 8. The molecule has 0 aromatic carbocycles. The number of hydrogen-bond acceptors (Lipinski definition) is 18. The third kappa shape index (κ3) is 8.20. The number of aromatic nitrogens is 8. The molecule has 8 rings (SSSR count). The maximum Gasteiger partial charge on any atom is 0.208 e. The third-order valence-corrected chi connectivity index (χ3v) is 10.2. The van der Waals surface area contributed by atoms with Gasteiger partial charge in [0.1, 0.15) is 47.7 Å². The van der Waals surface area contributed by atoms with Gasteiger partial charge in [0.05, 0.1) is 37.1 Å². The molecule has 0 amide bonds. The lowest BCUT2D eigenvalue weighted by Crippen LogP contribution is -2.33. The van der Waals surface area contributed by atoms with Gasteiger partial charge in [0.2, 0.25) is 11.6 Å². The van der Waals surface area contributed by atoms with Gasteiger partial charge in [-0.3, -0.25) is 9.13 Å². The van der Waals surface area contributed by atoms with Gasteiger partial charge in [-0.15, -0.1) is 0 Å². The summed E-state index contributed by atoms with van der Waals surface area (Å²) in [6, 6.07) is 0. The van der Waals surface area contributed by atoms with E-state index in [1.165, 1.54) is 21.8 Å². The average molecular weight is 765 g/mol. The summed E-state index contributed by atoms with van der Waals surface area (Å²) < 4.78 is 13.9. The fourth-order valence-corrected chi connectivity index (χ4v) is 6.45. The minimum atomic E-state index is -1.26. The van der Waals surface area contributed by atoms with Crippen LogP contribution < -0.4 is 11.5 Å². The predicted octanol–water partition coefficient (Wildman–Crippen LogP) is -2.26. The zero-order valence-corrected chi connectivity index (χ0v) is 29.7. The number of nitrogens with zero attached hydrogens (tertiary/aromatic N) is 8. The lowest BCUT2D eigenvalue weighted by Gasteiger charge is -2.16. The second-order valence-corrected chi connectivity index (χ2v) is 14.4. The fraction of sp³-hybridized carbons (Fsp3) is 0.600. The highest BCUT2D eigenvalue weighted by atomic mass is 16.6. The molecule has 2 aliphatic heterocycles. The molecule has 4 aromatic heterocycles. The van der Waals surface area contributed by atoms with E-state index < -0.39 is 73.5 Å². The van der Waals surface area contributed by atoms with E-state index in [-0.39, 0.29) is 23.3 Å². The van der Waals surface area contributed by atoms with Gasteiger partial charge < -0.3 is 61.8 Å². The molecule has 20 heteroatoms. The summed E-state index contributed by atoms with van der Waals surface area (Å²) in [6.45, 7) is -0.855. The van der Waals surface area contributed by atoms with Gasteiger partial charge in [-0.1, -0.05) is 11.8 Å². The average Bonchev–Trinajstić information content (AvgIpc) is 3.85. The molecule has 0 unspecified atom stereocenters. The maximum atomic E-state index is 10.2. The van der Waals surface area contributed by atoms with Crippen molar-refractivity contribution in [1.82, 2.24) is 39.0 Å². The van der Waals surface area contributed by atoms with Gasteiger partial charge in [0, 0.05) is 12.8 Å². The van der Waals surface area contributed by atoms with Crippen molar-refractivity contribution in [2.24, 2.45) is 0 Å². The summed E-state index contributed by atoms with van der Waals surface area (Å²) in [6.07, 6.45) is 0.670. The first kappa shape index (κ1) is 38.7. The topological polar surface area (TPSA) is 320 Å². The Bertz CT molecular complexity index is 2150. The summed E-state index contributed by atoms with van der Waals surface area (Å²) in [5.41, 5.74) is 12.1. The minimum Gasteiger partial charge on any atom is -0.394 e. The van der Waals surface area contributed by atoms with Crippen molar-refractivity contribution in [1.29, 1.82) is 0 Å². The largest absolute Gasteiger partial charge is 0.394 e. The molecule has 2 saturated heterocycles. The Balaban J connectivity index is 0.000000169. The van der Waals surface area contributed by atoms with Crippen LogP contribution in [0.3, 0.4) is 0 Å². The van der Waals surface area contributed by atoms with Crippen LogP contribution in [0.5, 0.6) is 0 Å². The normalized spacial score (nSPS) is 28.6. The van der Waals surface area contributed by atoms with Crippen molar-refractivity contribution in [3.05, 3.63) is 24.3 Å². The lowest BCUT2D eigenvalue weighted by molar-refractivity contribution is -0.0511. The maximum absolute atomic E-state index is 10.2. The van der Waals surface area contributed by atoms with E-state index in [4.69, 9.17) is 20.9 Å². The van der Waals surface area contributed by atoms with Crippen LogP contribution in [0.4, 0.5) is 11.6 Å². The van der Waals surface area contributed by atoms with Crippen LogP contribution in [-0.2, 0) is 9.47 Å². The molecule has 20 nitrogen and oxygen atoms in total. The molecule has 0 spiro atoms. The number of nitrogens with two attached hydrogens (primary N) is 2. The monoisotopic (exact) mass is 764 g/mol. The van der Waals surface area contributed by atoms with E-state index in [1.54, 1.807) is 0 Å². The Hall–Kier alpha value is -4.58. The standard InChI is InChI=1S/C18H23N5O5.C17H21N5O5/c19-15-12-16(22-11(21-15)4-2-1-3-5-18(27)6-7-18)23(9-20-12)17-14(26)13(25)10(8-24)28-17;18-14-11-15(21-10(20-14)3-1-2-4-17(26)5-6-17)22(8-19-11)16-13(25)12(24)9(7-23)27-16/h9-10,13-14,17,24-27H,1,3,5-8H2,(H2,19,21,22);8-9,12-13,16,23-26H,2,4-7H2,(H2,18,20,21)/t10-,13-,14-,17-;9-,12-,13-,16-/m11/s1. The van der Waals surface area contributed by atoms with Crippen LogP contribution in [0.15, 0.2) is 12.7 Å². The van der Waals surface area contributed by atoms with Gasteiger partial charge in [-0.2, -0.15) is 0 Å². The lowest BCUT2D eigenvalue weighted by atomic mass is 10.1. The molecule has 0 radical (unpaired) electrons. The van der Waals surface area contributed by atoms with Gasteiger partial charge in [-0.05, 0) is 56.8 Å². The Morgan fingerprint density at radius 1 is 0.655 bits per heavy atom. The third-order valence-electron chi connectivity index (χ3n) is 10.2. The SMILES string of the molecule is Nc1nc(C#CCCC2(O)CC2)nc2c1ncn2[C@@H]1O[C@H](CO)[C@@H](O)[C@H]1O.Nc1nc(C#CCCCC2(O)CC2)nc2c1ncn2[C@@H]1O[C@H](CO)[C@@H](O)[C@H]1O. The second-order valence-electron chi connectivity index (χ2n) is 14.4. The molecule has 4 aromatic rings. The van der Waals surface area contributed by atoms with Gasteiger partial charge in [0.15, 0.2) is 35.4 Å². The molecular weight excluding hydrogens is 720 g/mol. The molecule has 2 aliphatic carbocycles. The smallest absolute Gasteiger partial charge is 0.208 e. The number of fused-ring (bicyclic) bond motifs is 2. The fourth-order valence-electron chi connectivity index (χ4n) is 6.45. The molecule has 4 fully saturated rings. The summed E-state index contributed by atoms with van der Waals surface area (Å²) in [7, 11) is 0. The minimum absolute atomic E-state index is 0.135. The Labute approximate surface area is 313 Å². The Morgan fingerprint density at radius 3 is 1.51 bits per heavy atom. The second kappa shape index (κ2) is 15.5. The van der Waals surface area contributed by atoms with Crippen LogP contribution in [0.2, 0.25) is 0 Å². The molecule has 2 saturated carbocycles. The number of aliphatic hydroxyl groups excluding tert-OH is 6.